The third kappa shape index (κ3) is 4.62. The van der Waals surface area contributed by atoms with Gasteiger partial charge in [0, 0.05) is 45.2 Å². The minimum atomic E-state index is -0.767. The lowest BCUT2D eigenvalue weighted by Crippen LogP contribution is -2.51. The van der Waals surface area contributed by atoms with Crippen molar-refractivity contribution in [2.45, 2.75) is 13.3 Å². The number of carbonyl (C=O) groups excluding carboxylic acids is 1. The van der Waals surface area contributed by atoms with E-state index in [2.05, 4.69) is 10.2 Å². The van der Waals surface area contributed by atoms with E-state index in [1.54, 1.807) is 0 Å². The monoisotopic (exact) mass is 257 g/mol. The number of nitrogens with one attached hydrogen (secondary N) is 1. The van der Waals surface area contributed by atoms with Crippen LogP contribution in [0.5, 0.6) is 0 Å². The molecule has 1 saturated heterocycles. The highest BCUT2D eigenvalue weighted by Gasteiger charge is 2.24. The van der Waals surface area contributed by atoms with E-state index in [0.29, 0.717) is 26.2 Å². The van der Waals surface area contributed by atoms with E-state index in [-0.39, 0.29) is 18.2 Å². The van der Waals surface area contributed by atoms with Crippen LogP contribution in [-0.4, -0.2) is 73.1 Å². The smallest absolute Gasteiger partial charge is 0.304 e. The molecule has 2 N–H and O–H groups in total. The predicted molar refractivity (Wildman–Crippen MR) is 68.4 cm³/mol. The minimum absolute atomic E-state index is 0.000527. The van der Waals surface area contributed by atoms with Gasteiger partial charge in [0.15, 0.2) is 0 Å². The summed E-state index contributed by atoms with van der Waals surface area (Å²) in [5.41, 5.74) is 0. The van der Waals surface area contributed by atoms with Crippen molar-refractivity contribution in [1.82, 2.24) is 15.1 Å². The predicted octanol–water partition coefficient (Wildman–Crippen LogP) is -0.539. The number of carboxylic acid groups (broad SMARTS) is 1. The van der Waals surface area contributed by atoms with Gasteiger partial charge in [-0.25, -0.2) is 0 Å². The van der Waals surface area contributed by atoms with Gasteiger partial charge in [-0.15, -0.1) is 0 Å². The Balaban J connectivity index is 2.30. The molecular formula is C12H23N3O3. The second-order valence-electron chi connectivity index (χ2n) is 4.77. The molecule has 1 unspecified atom stereocenters. The van der Waals surface area contributed by atoms with Crippen LogP contribution in [0.4, 0.5) is 0 Å². The molecule has 1 aliphatic rings. The SMILES string of the molecule is CNCC(C)C(=O)N1CCN(CCC(=O)O)CC1. The van der Waals surface area contributed by atoms with Gasteiger partial charge in [0.2, 0.25) is 5.91 Å². The molecule has 18 heavy (non-hydrogen) atoms. The van der Waals surface area contributed by atoms with E-state index in [1.807, 2.05) is 18.9 Å². The lowest BCUT2D eigenvalue weighted by molar-refractivity contribution is -0.139. The fourth-order valence-electron chi connectivity index (χ4n) is 2.15. The standard InChI is InChI=1S/C12H23N3O3/c1-10(9-13-2)12(18)15-7-5-14(6-8-15)4-3-11(16)17/h10,13H,3-9H2,1-2H3,(H,16,17). The van der Waals surface area contributed by atoms with Crippen molar-refractivity contribution in [3.8, 4) is 0 Å². The van der Waals surface area contributed by atoms with Crippen molar-refractivity contribution in [3.63, 3.8) is 0 Å². The molecule has 6 heteroatoms. The topological polar surface area (TPSA) is 72.9 Å². The maximum atomic E-state index is 12.0. The van der Waals surface area contributed by atoms with Crippen molar-refractivity contribution in [2.75, 3.05) is 46.3 Å². The number of hydrogen-bond donors (Lipinski definition) is 2. The van der Waals surface area contributed by atoms with Crippen LogP contribution in [-0.2, 0) is 9.59 Å². The second-order valence-corrected chi connectivity index (χ2v) is 4.77. The Hall–Kier alpha value is -1.14. The molecule has 1 atom stereocenters. The van der Waals surface area contributed by atoms with Crippen LogP contribution >= 0.6 is 0 Å². The molecule has 0 aromatic carbocycles. The first kappa shape index (κ1) is 14.9. The van der Waals surface area contributed by atoms with Gasteiger partial charge in [0.1, 0.15) is 0 Å². The lowest BCUT2D eigenvalue weighted by Gasteiger charge is -2.35. The number of rotatable bonds is 6. The molecular weight excluding hydrogens is 234 g/mol. The maximum Gasteiger partial charge on any atom is 0.304 e. The third-order valence-corrected chi connectivity index (χ3v) is 3.26. The van der Waals surface area contributed by atoms with E-state index < -0.39 is 5.97 Å². The van der Waals surface area contributed by atoms with Gasteiger partial charge >= 0.3 is 5.97 Å². The summed E-state index contributed by atoms with van der Waals surface area (Å²) in [5.74, 6) is -0.584. The van der Waals surface area contributed by atoms with Crippen LogP contribution in [0.25, 0.3) is 0 Å². The Labute approximate surface area is 108 Å². The summed E-state index contributed by atoms with van der Waals surface area (Å²) in [5, 5.41) is 11.6. The highest BCUT2D eigenvalue weighted by Crippen LogP contribution is 2.07. The molecule has 1 amide bonds. The fraction of sp³-hybridized carbons (Fsp3) is 0.833. The number of nitrogens with zero attached hydrogens (tertiary/aromatic N) is 2. The first-order valence-electron chi connectivity index (χ1n) is 6.42. The highest BCUT2D eigenvalue weighted by atomic mass is 16.4. The highest BCUT2D eigenvalue weighted by molar-refractivity contribution is 5.78. The van der Waals surface area contributed by atoms with Crippen LogP contribution in [0.2, 0.25) is 0 Å². The number of hydrogen-bond acceptors (Lipinski definition) is 4. The molecule has 0 spiro atoms. The molecule has 0 aromatic rings. The number of aliphatic carboxylic acids is 1. The molecule has 104 valence electrons. The molecule has 6 nitrogen and oxygen atoms in total. The molecule has 0 radical (unpaired) electrons. The number of amides is 1. The molecule has 0 saturated carbocycles. The number of piperazine rings is 1. The van der Waals surface area contributed by atoms with E-state index in [1.165, 1.54) is 0 Å². The van der Waals surface area contributed by atoms with Crippen molar-refractivity contribution >= 4 is 11.9 Å². The van der Waals surface area contributed by atoms with Crippen molar-refractivity contribution < 1.29 is 14.7 Å². The average molecular weight is 257 g/mol. The summed E-state index contributed by atoms with van der Waals surface area (Å²) in [4.78, 5) is 26.5. The van der Waals surface area contributed by atoms with Gasteiger partial charge in [-0.3, -0.25) is 14.5 Å². The van der Waals surface area contributed by atoms with Crippen LogP contribution < -0.4 is 5.32 Å². The van der Waals surface area contributed by atoms with Gasteiger partial charge in [-0.2, -0.15) is 0 Å². The molecule has 1 heterocycles. The largest absolute Gasteiger partial charge is 0.481 e. The molecule has 0 aromatic heterocycles. The zero-order valence-electron chi connectivity index (χ0n) is 11.2. The van der Waals surface area contributed by atoms with Crippen molar-refractivity contribution in [3.05, 3.63) is 0 Å². The van der Waals surface area contributed by atoms with E-state index >= 15 is 0 Å². The Morgan fingerprint density at radius 1 is 1.28 bits per heavy atom. The van der Waals surface area contributed by atoms with Gasteiger partial charge in [0.05, 0.1) is 6.42 Å². The molecule has 1 rings (SSSR count). The average Bonchev–Trinajstić information content (AvgIpc) is 2.36. The summed E-state index contributed by atoms with van der Waals surface area (Å²) >= 11 is 0. The summed E-state index contributed by atoms with van der Waals surface area (Å²) < 4.78 is 0. The molecule has 1 fully saturated rings. The first-order valence-corrected chi connectivity index (χ1v) is 6.42. The Bertz CT molecular complexity index is 288. The zero-order chi connectivity index (χ0) is 13.5. The fourth-order valence-corrected chi connectivity index (χ4v) is 2.15. The number of carbonyl (C=O) groups is 2. The summed E-state index contributed by atoms with van der Waals surface area (Å²) in [6.07, 6.45) is 0.171. The van der Waals surface area contributed by atoms with E-state index in [9.17, 15) is 9.59 Å². The maximum absolute atomic E-state index is 12.0. The van der Waals surface area contributed by atoms with Crippen molar-refractivity contribution in [1.29, 1.82) is 0 Å². The van der Waals surface area contributed by atoms with Crippen LogP contribution in [0.15, 0.2) is 0 Å². The Kier molecular flexibility index (Phi) is 6.07. The Morgan fingerprint density at radius 3 is 2.39 bits per heavy atom. The zero-order valence-corrected chi connectivity index (χ0v) is 11.2. The third-order valence-electron chi connectivity index (χ3n) is 3.26. The van der Waals surface area contributed by atoms with Crippen LogP contribution in [0.3, 0.4) is 0 Å². The summed E-state index contributed by atoms with van der Waals surface area (Å²) in [6.45, 7) is 6.13. The molecule has 1 aliphatic heterocycles. The van der Waals surface area contributed by atoms with Gasteiger partial charge in [-0.05, 0) is 7.05 Å². The molecule has 0 bridgehead atoms. The minimum Gasteiger partial charge on any atom is -0.481 e. The van der Waals surface area contributed by atoms with Gasteiger partial charge in [0.25, 0.3) is 0 Å². The summed E-state index contributed by atoms with van der Waals surface area (Å²) in [7, 11) is 1.84. The lowest BCUT2D eigenvalue weighted by atomic mass is 10.1. The second kappa shape index (κ2) is 7.33. The normalized spacial score (nSPS) is 18.7. The Morgan fingerprint density at radius 2 is 1.89 bits per heavy atom. The van der Waals surface area contributed by atoms with E-state index in [4.69, 9.17) is 5.11 Å². The van der Waals surface area contributed by atoms with Crippen molar-refractivity contribution in [2.24, 2.45) is 5.92 Å². The van der Waals surface area contributed by atoms with E-state index in [0.717, 1.165) is 13.1 Å². The molecule has 0 aliphatic carbocycles. The van der Waals surface area contributed by atoms with Gasteiger partial charge in [-0.1, -0.05) is 6.92 Å². The summed E-state index contributed by atoms with van der Waals surface area (Å²) in [6, 6.07) is 0. The quantitative estimate of drug-likeness (QED) is 0.668. The van der Waals surface area contributed by atoms with Gasteiger partial charge < -0.3 is 15.3 Å². The first-order chi connectivity index (χ1) is 8.54. The number of carboxylic acids is 1. The van der Waals surface area contributed by atoms with Crippen LogP contribution in [0, 0.1) is 5.92 Å². The van der Waals surface area contributed by atoms with Crippen LogP contribution in [0.1, 0.15) is 13.3 Å².